The average Bonchev–Trinajstić information content (AvgIpc) is 2.45. The summed E-state index contributed by atoms with van der Waals surface area (Å²) in [4.78, 5) is 0. The van der Waals surface area contributed by atoms with Crippen LogP contribution in [0, 0.1) is 6.92 Å². The summed E-state index contributed by atoms with van der Waals surface area (Å²) >= 11 is 0. The third kappa shape index (κ3) is 4.41. The molecule has 2 aromatic carbocycles. The van der Waals surface area contributed by atoms with Gasteiger partial charge in [-0.25, -0.2) is 0 Å². The Bertz CT molecular complexity index is 579. The molecule has 21 heavy (non-hydrogen) atoms. The van der Waals surface area contributed by atoms with Crippen LogP contribution in [0.1, 0.15) is 11.1 Å². The normalized spacial score (nSPS) is 11.2. The highest BCUT2D eigenvalue weighted by Crippen LogP contribution is 2.35. The number of hydrogen-bond acceptors (Lipinski definition) is 2. The van der Waals surface area contributed by atoms with Crippen LogP contribution in [0.4, 0.5) is 18.9 Å². The summed E-state index contributed by atoms with van der Waals surface area (Å²) in [6.07, 6.45) is -4.40. The number of para-hydroxylation sites is 1. The molecule has 0 aliphatic carbocycles. The molecular weight excluding hydrogens is 279 g/mol. The second-order valence-corrected chi connectivity index (χ2v) is 4.64. The first-order valence-corrected chi connectivity index (χ1v) is 6.56. The molecule has 0 atom stereocenters. The maximum absolute atomic E-state index is 12.8. The Morgan fingerprint density at radius 3 is 2.33 bits per heavy atom. The van der Waals surface area contributed by atoms with Crippen molar-refractivity contribution in [3.63, 3.8) is 0 Å². The van der Waals surface area contributed by atoms with E-state index >= 15 is 0 Å². The molecule has 1 N–H and O–H groups in total. The van der Waals surface area contributed by atoms with Crippen molar-refractivity contribution < 1.29 is 17.9 Å². The molecule has 112 valence electrons. The van der Waals surface area contributed by atoms with E-state index in [1.54, 1.807) is 0 Å². The number of ether oxygens (including phenoxy) is 1. The molecular formula is C16H16F3NO. The lowest BCUT2D eigenvalue weighted by Crippen LogP contribution is -2.14. The van der Waals surface area contributed by atoms with Crippen LogP contribution in [0.5, 0.6) is 5.75 Å². The van der Waals surface area contributed by atoms with E-state index in [0.29, 0.717) is 6.54 Å². The van der Waals surface area contributed by atoms with Gasteiger partial charge in [0.05, 0.1) is 5.56 Å². The van der Waals surface area contributed by atoms with Gasteiger partial charge in [-0.1, -0.05) is 29.8 Å². The van der Waals surface area contributed by atoms with Crippen LogP contribution in [0.2, 0.25) is 0 Å². The summed E-state index contributed by atoms with van der Waals surface area (Å²) in [6, 6.07) is 13.0. The number of rotatable bonds is 5. The van der Waals surface area contributed by atoms with Gasteiger partial charge in [-0.2, -0.15) is 13.2 Å². The second kappa shape index (κ2) is 6.52. The van der Waals surface area contributed by atoms with E-state index in [1.165, 1.54) is 18.2 Å². The summed E-state index contributed by atoms with van der Waals surface area (Å²) in [5.41, 5.74) is 1.31. The Hall–Kier alpha value is -2.17. The van der Waals surface area contributed by atoms with Crippen LogP contribution < -0.4 is 10.1 Å². The van der Waals surface area contributed by atoms with Crippen molar-refractivity contribution in [2.24, 2.45) is 0 Å². The zero-order valence-corrected chi connectivity index (χ0v) is 11.6. The molecule has 0 unspecified atom stereocenters. The average molecular weight is 295 g/mol. The molecule has 0 saturated heterocycles. The van der Waals surface area contributed by atoms with E-state index in [2.05, 4.69) is 5.32 Å². The second-order valence-electron chi connectivity index (χ2n) is 4.64. The molecule has 0 saturated carbocycles. The Balaban J connectivity index is 1.88. The van der Waals surface area contributed by atoms with Gasteiger partial charge in [-0.15, -0.1) is 0 Å². The summed E-state index contributed by atoms with van der Waals surface area (Å²) in [5, 5.41) is 3.09. The van der Waals surface area contributed by atoms with Crippen LogP contribution >= 0.6 is 0 Å². The van der Waals surface area contributed by atoms with E-state index in [0.717, 1.165) is 17.3 Å². The lowest BCUT2D eigenvalue weighted by Gasteiger charge is -2.14. The van der Waals surface area contributed by atoms with E-state index in [-0.39, 0.29) is 12.4 Å². The Morgan fingerprint density at radius 2 is 1.67 bits per heavy atom. The molecule has 0 radical (unpaired) electrons. The summed E-state index contributed by atoms with van der Waals surface area (Å²) in [7, 11) is 0. The number of hydrogen-bond donors (Lipinski definition) is 1. The predicted octanol–water partition coefficient (Wildman–Crippen LogP) is 4.50. The van der Waals surface area contributed by atoms with E-state index in [1.807, 2.05) is 31.2 Å². The first-order valence-electron chi connectivity index (χ1n) is 6.56. The monoisotopic (exact) mass is 295 g/mol. The molecule has 2 rings (SSSR count). The SMILES string of the molecule is Cc1ccc(NCCOc2ccccc2C(F)(F)F)cc1. The molecule has 5 heteroatoms. The highest BCUT2D eigenvalue weighted by atomic mass is 19.4. The molecule has 0 aromatic heterocycles. The Morgan fingerprint density at radius 1 is 1.00 bits per heavy atom. The minimum absolute atomic E-state index is 0.143. The number of aryl methyl sites for hydroxylation is 1. The molecule has 0 fully saturated rings. The van der Waals surface area contributed by atoms with Crippen molar-refractivity contribution in [3.8, 4) is 5.75 Å². The summed E-state index contributed by atoms with van der Waals surface area (Å²) in [5.74, 6) is -0.143. The van der Waals surface area contributed by atoms with Crippen molar-refractivity contribution in [2.75, 3.05) is 18.5 Å². The third-order valence-electron chi connectivity index (χ3n) is 2.93. The van der Waals surface area contributed by atoms with Crippen LogP contribution in [-0.4, -0.2) is 13.2 Å². The summed E-state index contributed by atoms with van der Waals surface area (Å²) in [6.45, 7) is 2.57. The number of alkyl halides is 3. The van der Waals surface area contributed by atoms with Crippen molar-refractivity contribution in [3.05, 3.63) is 59.7 Å². The third-order valence-corrected chi connectivity index (χ3v) is 2.93. The zero-order chi connectivity index (χ0) is 15.3. The van der Waals surface area contributed by atoms with E-state index in [9.17, 15) is 13.2 Å². The zero-order valence-electron chi connectivity index (χ0n) is 11.6. The van der Waals surface area contributed by atoms with Gasteiger partial charge in [-0.3, -0.25) is 0 Å². The van der Waals surface area contributed by atoms with Crippen LogP contribution in [0.15, 0.2) is 48.5 Å². The standard InChI is InChI=1S/C16H16F3NO/c1-12-6-8-13(9-7-12)20-10-11-21-15-5-3-2-4-14(15)16(17,18)19/h2-9,20H,10-11H2,1H3. The first kappa shape index (κ1) is 15.2. The van der Waals surface area contributed by atoms with Gasteiger partial charge in [-0.05, 0) is 31.2 Å². The Kier molecular flexibility index (Phi) is 4.73. The van der Waals surface area contributed by atoms with Crippen molar-refractivity contribution >= 4 is 5.69 Å². The number of benzene rings is 2. The Labute approximate surface area is 121 Å². The molecule has 2 nitrogen and oxygen atoms in total. The van der Waals surface area contributed by atoms with Crippen molar-refractivity contribution in [2.45, 2.75) is 13.1 Å². The number of anilines is 1. The van der Waals surface area contributed by atoms with Crippen molar-refractivity contribution in [1.29, 1.82) is 0 Å². The maximum atomic E-state index is 12.8. The molecule has 0 aliphatic heterocycles. The minimum Gasteiger partial charge on any atom is -0.491 e. The van der Waals surface area contributed by atoms with Gasteiger partial charge < -0.3 is 10.1 Å². The van der Waals surface area contributed by atoms with Gasteiger partial charge >= 0.3 is 6.18 Å². The quantitative estimate of drug-likeness (QED) is 0.820. The van der Waals surface area contributed by atoms with Crippen LogP contribution in [0.25, 0.3) is 0 Å². The van der Waals surface area contributed by atoms with Crippen LogP contribution in [-0.2, 0) is 6.18 Å². The highest BCUT2D eigenvalue weighted by Gasteiger charge is 2.33. The van der Waals surface area contributed by atoms with E-state index in [4.69, 9.17) is 4.74 Å². The first-order chi connectivity index (χ1) is 9.97. The van der Waals surface area contributed by atoms with Crippen LogP contribution in [0.3, 0.4) is 0 Å². The molecule has 0 spiro atoms. The molecule has 0 bridgehead atoms. The molecule has 2 aromatic rings. The lowest BCUT2D eigenvalue weighted by molar-refractivity contribution is -0.138. The summed E-state index contributed by atoms with van der Waals surface area (Å²) < 4.78 is 43.5. The van der Waals surface area contributed by atoms with E-state index < -0.39 is 11.7 Å². The fourth-order valence-electron chi connectivity index (χ4n) is 1.85. The van der Waals surface area contributed by atoms with Gasteiger partial charge in [0.1, 0.15) is 12.4 Å². The fraction of sp³-hybridized carbons (Fsp3) is 0.250. The van der Waals surface area contributed by atoms with Gasteiger partial charge in [0.25, 0.3) is 0 Å². The largest absolute Gasteiger partial charge is 0.491 e. The predicted molar refractivity (Wildman–Crippen MR) is 76.6 cm³/mol. The fourth-order valence-corrected chi connectivity index (χ4v) is 1.85. The number of halogens is 3. The minimum atomic E-state index is -4.40. The van der Waals surface area contributed by atoms with Gasteiger partial charge in [0.15, 0.2) is 0 Å². The van der Waals surface area contributed by atoms with Gasteiger partial charge in [0, 0.05) is 12.2 Å². The number of nitrogens with one attached hydrogen (secondary N) is 1. The molecule has 0 aliphatic rings. The smallest absolute Gasteiger partial charge is 0.419 e. The topological polar surface area (TPSA) is 21.3 Å². The highest BCUT2D eigenvalue weighted by molar-refractivity contribution is 5.44. The van der Waals surface area contributed by atoms with Gasteiger partial charge in [0.2, 0.25) is 0 Å². The molecule has 0 heterocycles. The lowest BCUT2D eigenvalue weighted by atomic mass is 10.2. The maximum Gasteiger partial charge on any atom is 0.419 e. The van der Waals surface area contributed by atoms with Crippen molar-refractivity contribution in [1.82, 2.24) is 0 Å². The molecule has 0 amide bonds.